The zero-order valence-corrected chi connectivity index (χ0v) is 18.1. The third-order valence-corrected chi connectivity index (χ3v) is 5.20. The van der Waals surface area contributed by atoms with E-state index in [1.54, 1.807) is 27.5 Å². The van der Waals surface area contributed by atoms with Crippen molar-refractivity contribution in [2.75, 3.05) is 21.3 Å². The lowest BCUT2D eigenvalue weighted by Gasteiger charge is -2.18. The molecule has 0 unspecified atom stereocenters. The van der Waals surface area contributed by atoms with E-state index in [1.807, 2.05) is 12.1 Å². The fourth-order valence-electron chi connectivity index (χ4n) is 3.51. The highest BCUT2D eigenvalue weighted by Gasteiger charge is 2.20. The number of nitrogens with zero attached hydrogens (tertiary/aromatic N) is 2. The molecule has 4 rings (SSSR count). The Hall–Kier alpha value is -3.48. The molecule has 30 heavy (non-hydrogen) atoms. The van der Waals surface area contributed by atoms with Gasteiger partial charge in [-0.05, 0) is 35.2 Å². The Kier molecular flexibility index (Phi) is 4.89. The zero-order valence-electron chi connectivity index (χ0n) is 18.1. The fraction of sp³-hybridized carbons (Fsp3) is 0.304. The molecule has 0 saturated carbocycles. The number of H-pyrrole nitrogens is 2. The van der Waals surface area contributed by atoms with Crippen LogP contribution in [-0.2, 0) is 5.41 Å². The van der Waals surface area contributed by atoms with Crippen LogP contribution in [0.4, 0.5) is 0 Å². The van der Waals surface area contributed by atoms with Crippen molar-refractivity contribution < 1.29 is 14.2 Å². The first kappa shape index (κ1) is 19.8. The SMILES string of the molecule is COc1cc(-c2[nH]ncc2-c2nc3ccc(C(C)(C)C)cc3[nH]2)cc(OC)c1OC. The van der Waals surface area contributed by atoms with E-state index in [0.29, 0.717) is 17.2 Å². The molecule has 7 nitrogen and oxygen atoms in total. The molecule has 0 atom stereocenters. The van der Waals surface area contributed by atoms with E-state index >= 15 is 0 Å². The van der Waals surface area contributed by atoms with Crippen molar-refractivity contribution in [2.24, 2.45) is 0 Å². The Morgan fingerprint density at radius 1 is 0.900 bits per heavy atom. The number of nitrogens with one attached hydrogen (secondary N) is 2. The molecule has 0 aliphatic rings. The first-order chi connectivity index (χ1) is 14.4. The summed E-state index contributed by atoms with van der Waals surface area (Å²) < 4.78 is 16.4. The van der Waals surface area contributed by atoms with Crippen LogP contribution in [0.25, 0.3) is 33.7 Å². The predicted molar refractivity (Wildman–Crippen MR) is 117 cm³/mol. The van der Waals surface area contributed by atoms with Gasteiger partial charge in [0.15, 0.2) is 11.5 Å². The number of rotatable bonds is 5. The summed E-state index contributed by atoms with van der Waals surface area (Å²) in [5.74, 6) is 2.44. The quantitative estimate of drug-likeness (QED) is 0.490. The molecule has 2 N–H and O–H groups in total. The fourth-order valence-corrected chi connectivity index (χ4v) is 3.51. The molecular formula is C23H26N4O3. The highest BCUT2D eigenvalue weighted by Crippen LogP contribution is 2.42. The maximum absolute atomic E-state index is 5.49. The Labute approximate surface area is 175 Å². The number of imidazole rings is 1. The third kappa shape index (κ3) is 3.36. The molecule has 0 fully saturated rings. The summed E-state index contributed by atoms with van der Waals surface area (Å²) in [6, 6.07) is 10.1. The van der Waals surface area contributed by atoms with E-state index in [4.69, 9.17) is 19.2 Å². The molecule has 0 radical (unpaired) electrons. The minimum atomic E-state index is 0.0659. The van der Waals surface area contributed by atoms with E-state index in [1.165, 1.54) is 5.56 Å². The van der Waals surface area contributed by atoms with Gasteiger partial charge in [0.05, 0.1) is 49.8 Å². The molecule has 2 aromatic carbocycles. The minimum Gasteiger partial charge on any atom is -0.493 e. The van der Waals surface area contributed by atoms with Crippen molar-refractivity contribution in [2.45, 2.75) is 26.2 Å². The zero-order chi connectivity index (χ0) is 21.5. The molecule has 7 heteroatoms. The van der Waals surface area contributed by atoms with Gasteiger partial charge in [0.2, 0.25) is 5.75 Å². The molecule has 0 spiro atoms. The highest BCUT2D eigenvalue weighted by molar-refractivity contribution is 5.85. The Morgan fingerprint density at radius 3 is 2.20 bits per heavy atom. The van der Waals surface area contributed by atoms with E-state index in [-0.39, 0.29) is 5.41 Å². The van der Waals surface area contributed by atoms with Gasteiger partial charge in [-0.2, -0.15) is 5.10 Å². The lowest BCUT2D eigenvalue weighted by Crippen LogP contribution is -2.10. The summed E-state index contributed by atoms with van der Waals surface area (Å²) in [5.41, 5.74) is 5.75. The number of hydrogen-bond acceptors (Lipinski definition) is 5. The van der Waals surface area contributed by atoms with E-state index < -0.39 is 0 Å². The van der Waals surface area contributed by atoms with Crippen LogP contribution in [-0.4, -0.2) is 41.5 Å². The first-order valence-electron chi connectivity index (χ1n) is 9.70. The van der Waals surface area contributed by atoms with E-state index in [0.717, 1.165) is 33.7 Å². The summed E-state index contributed by atoms with van der Waals surface area (Å²) in [5, 5.41) is 7.34. The molecule has 0 saturated heterocycles. The molecule has 4 aromatic rings. The molecule has 0 aliphatic heterocycles. The normalized spacial score (nSPS) is 11.7. The van der Waals surface area contributed by atoms with Crippen molar-refractivity contribution in [3.05, 3.63) is 42.1 Å². The maximum atomic E-state index is 5.49. The number of aromatic amines is 2. The van der Waals surface area contributed by atoms with Crippen molar-refractivity contribution in [1.29, 1.82) is 0 Å². The summed E-state index contributed by atoms with van der Waals surface area (Å²) in [4.78, 5) is 8.22. The number of fused-ring (bicyclic) bond motifs is 1. The van der Waals surface area contributed by atoms with Crippen LogP contribution in [0, 0.1) is 0 Å². The summed E-state index contributed by atoms with van der Waals surface area (Å²) in [6.45, 7) is 6.60. The second-order valence-electron chi connectivity index (χ2n) is 8.14. The molecule has 0 aliphatic carbocycles. The smallest absolute Gasteiger partial charge is 0.203 e. The Bertz CT molecular complexity index is 1180. The lowest BCUT2D eigenvalue weighted by molar-refractivity contribution is 0.324. The average Bonchev–Trinajstić information content (AvgIpc) is 3.37. The lowest BCUT2D eigenvalue weighted by atomic mass is 9.87. The molecule has 2 aromatic heterocycles. The largest absolute Gasteiger partial charge is 0.493 e. The van der Waals surface area contributed by atoms with Crippen LogP contribution in [0.15, 0.2) is 36.5 Å². The van der Waals surface area contributed by atoms with Gasteiger partial charge >= 0.3 is 0 Å². The number of methoxy groups -OCH3 is 3. The third-order valence-electron chi connectivity index (χ3n) is 5.20. The van der Waals surface area contributed by atoms with Gasteiger partial charge in [-0.15, -0.1) is 0 Å². The molecule has 0 bridgehead atoms. The molecule has 0 amide bonds. The second kappa shape index (κ2) is 7.40. The van der Waals surface area contributed by atoms with Crippen LogP contribution in [0.5, 0.6) is 17.2 Å². The van der Waals surface area contributed by atoms with Gasteiger partial charge in [0, 0.05) is 5.56 Å². The molecule has 156 valence electrons. The summed E-state index contributed by atoms with van der Waals surface area (Å²) in [7, 11) is 4.78. The molecule has 2 heterocycles. The van der Waals surface area contributed by atoms with Gasteiger partial charge in [-0.3, -0.25) is 5.10 Å². The van der Waals surface area contributed by atoms with Crippen LogP contribution in [0.3, 0.4) is 0 Å². The van der Waals surface area contributed by atoms with Gasteiger partial charge in [-0.25, -0.2) is 4.98 Å². The summed E-state index contributed by atoms with van der Waals surface area (Å²) in [6.07, 6.45) is 1.76. The number of ether oxygens (including phenoxy) is 3. The van der Waals surface area contributed by atoms with E-state index in [2.05, 4.69) is 54.2 Å². The number of aromatic nitrogens is 4. The number of benzene rings is 2. The predicted octanol–water partition coefficient (Wildman–Crippen LogP) is 4.94. The minimum absolute atomic E-state index is 0.0659. The van der Waals surface area contributed by atoms with Crippen LogP contribution in [0.1, 0.15) is 26.3 Å². The topological polar surface area (TPSA) is 85.1 Å². The van der Waals surface area contributed by atoms with Gasteiger partial charge in [-0.1, -0.05) is 26.8 Å². The van der Waals surface area contributed by atoms with Gasteiger partial charge < -0.3 is 19.2 Å². The van der Waals surface area contributed by atoms with Crippen LogP contribution >= 0.6 is 0 Å². The standard InChI is InChI=1S/C23H26N4O3/c1-23(2,3)14-7-8-16-17(11-14)26-22(25-16)15-12-24-27-20(15)13-9-18(28-4)21(30-6)19(10-13)29-5/h7-12H,1-6H3,(H,24,27)(H,25,26). The van der Waals surface area contributed by atoms with Crippen molar-refractivity contribution >= 4 is 11.0 Å². The summed E-state index contributed by atoms with van der Waals surface area (Å²) >= 11 is 0. The highest BCUT2D eigenvalue weighted by atomic mass is 16.5. The van der Waals surface area contributed by atoms with Crippen molar-refractivity contribution in [3.63, 3.8) is 0 Å². The first-order valence-corrected chi connectivity index (χ1v) is 9.70. The average molecular weight is 406 g/mol. The Balaban J connectivity index is 1.83. The van der Waals surface area contributed by atoms with Crippen LogP contribution < -0.4 is 14.2 Å². The van der Waals surface area contributed by atoms with Crippen LogP contribution in [0.2, 0.25) is 0 Å². The molecular weight excluding hydrogens is 380 g/mol. The van der Waals surface area contributed by atoms with Gasteiger partial charge in [0.25, 0.3) is 0 Å². The second-order valence-corrected chi connectivity index (χ2v) is 8.14. The van der Waals surface area contributed by atoms with E-state index in [9.17, 15) is 0 Å². The van der Waals surface area contributed by atoms with Crippen molar-refractivity contribution in [1.82, 2.24) is 20.2 Å². The maximum Gasteiger partial charge on any atom is 0.203 e. The Morgan fingerprint density at radius 2 is 1.60 bits per heavy atom. The number of hydrogen-bond donors (Lipinski definition) is 2. The van der Waals surface area contributed by atoms with Crippen molar-refractivity contribution in [3.8, 4) is 39.9 Å². The monoisotopic (exact) mass is 406 g/mol. The van der Waals surface area contributed by atoms with Gasteiger partial charge in [0.1, 0.15) is 5.82 Å².